The van der Waals surface area contributed by atoms with Crippen molar-refractivity contribution in [3.8, 4) is 11.5 Å². The Balaban J connectivity index is 0.00000160. The molecule has 0 aromatic heterocycles. The van der Waals surface area contributed by atoms with Crippen molar-refractivity contribution in [2.45, 2.75) is 57.4 Å². The fourth-order valence-corrected chi connectivity index (χ4v) is 3.32. The lowest BCUT2D eigenvalue weighted by Gasteiger charge is -2.26. The number of phenolic OH excluding ortho intramolecular Hbond substituents is 2. The summed E-state index contributed by atoms with van der Waals surface area (Å²) >= 11 is 4.26. The van der Waals surface area contributed by atoms with Crippen molar-refractivity contribution in [3.05, 3.63) is 47.5 Å². The number of benzene rings is 2. The van der Waals surface area contributed by atoms with Crippen molar-refractivity contribution in [2.24, 2.45) is 0 Å². The van der Waals surface area contributed by atoms with Crippen LogP contribution in [0.2, 0.25) is 0 Å². The summed E-state index contributed by atoms with van der Waals surface area (Å²) in [5.74, 6) is -1.67. The van der Waals surface area contributed by atoms with Crippen LogP contribution in [0.4, 0.5) is 5.69 Å². The van der Waals surface area contributed by atoms with E-state index in [1.165, 1.54) is 17.0 Å². The molecular formula is C25H39N5O5S. The maximum atomic E-state index is 12.5. The first kappa shape index (κ1) is 32.9. The summed E-state index contributed by atoms with van der Waals surface area (Å²) in [6.07, 6.45) is 1.75. The maximum absolute atomic E-state index is 12.5. The van der Waals surface area contributed by atoms with E-state index in [2.05, 4.69) is 37.1 Å². The van der Waals surface area contributed by atoms with Gasteiger partial charge >= 0.3 is 0 Å². The first-order chi connectivity index (χ1) is 16.1. The second-order valence-electron chi connectivity index (χ2n) is 8.34. The van der Waals surface area contributed by atoms with Crippen LogP contribution in [-0.4, -0.2) is 57.9 Å². The molecule has 1 saturated carbocycles. The highest BCUT2D eigenvalue weighted by Crippen LogP contribution is 2.34. The summed E-state index contributed by atoms with van der Waals surface area (Å²) in [7, 11) is 0. The molecule has 1 aliphatic rings. The monoisotopic (exact) mass is 521 g/mol. The van der Waals surface area contributed by atoms with Crippen molar-refractivity contribution >= 4 is 35.9 Å². The lowest BCUT2D eigenvalue weighted by atomic mass is 9.98. The van der Waals surface area contributed by atoms with Crippen molar-refractivity contribution in [2.75, 3.05) is 18.0 Å². The molecule has 0 radical (unpaired) electrons. The highest BCUT2D eigenvalue weighted by molar-refractivity contribution is 7.80. The summed E-state index contributed by atoms with van der Waals surface area (Å²) in [6.45, 7) is 10.2. The summed E-state index contributed by atoms with van der Waals surface area (Å²) in [5, 5.41) is 43.4. The number of nitrogens with zero attached hydrogens (tertiary/aromatic N) is 1. The molecule has 0 saturated heterocycles. The minimum atomic E-state index is -0.588. The Hall–Kier alpha value is -3.12. The third-order valence-electron chi connectivity index (χ3n) is 5.20. The average molecular weight is 522 g/mol. The fraction of sp³-hybridized carbons (Fsp3) is 0.400. The van der Waals surface area contributed by atoms with Crippen LogP contribution in [0.5, 0.6) is 11.5 Å². The average Bonchev–Trinajstić information content (AvgIpc) is 3.60. The van der Waals surface area contributed by atoms with Gasteiger partial charge in [0.15, 0.2) is 5.84 Å². The second-order valence-corrected chi connectivity index (χ2v) is 8.85. The van der Waals surface area contributed by atoms with Gasteiger partial charge in [-0.3, -0.25) is 20.5 Å². The van der Waals surface area contributed by atoms with Gasteiger partial charge in [0.1, 0.15) is 17.3 Å². The highest BCUT2D eigenvalue weighted by Gasteiger charge is 2.30. The normalized spacial score (nSPS) is 11.8. The number of nitrogens with one attached hydrogen (secondary N) is 4. The third kappa shape index (κ3) is 8.83. The van der Waals surface area contributed by atoms with Crippen molar-refractivity contribution in [1.82, 2.24) is 10.6 Å². The minimum absolute atomic E-state index is 0. The smallest absolute Gasteiger partial charge is 0.287 e. The number of phenols is 2. The quantitative estimate of drug-likeness (QED) is 0.174. The summed E-state index contributed by atoms with van der Waals surface area (Å²) in [4.78, 5) is 14.4. The van der Waals surface area contributed by atoms with Crippen LogP contribution in [0.3, 0.4) is 0 Å². The van der Waals surface area contributed by atoms with Gasteiger partial charge in [-0.2, -0.15) is 0 Å². The van der Waals surface area contributed by atoms with E-state index in [1.807, 2.05) is 13.8 Å². The molecule has 0 atom stereocenters. The third-order valence-corrected chi connectivity index (χ3v) is 5.50. The molecule has 1 aliphatic carbocycles. The number of aromatic hydroxyl groups is 2. The Morgan fingerprint density at radius 1 is 1.06 bits per heavy atom. The predicted octanol–water partition coefficient (Wildman–Crippen LogP) is 2.56. The maximum Gasteiger partial charge on any atom is 0.287 e. The number of thiol groups is 1. The molecule has 10 nitrogen and oxygen atoms in total. The van der Waals surface area contributed by atoms with Gasteiger partial charge < -0.3 is 31.8 Å². The van der Waals surface area contributed by atoms with E-state index in [0.717, 1.165) is 25.9 Å². The molecule has 0 bridgehead atoms. The van der Waals surface area contributed by atoms with E-state index in [-0.39, 0.29) is 45.8 Å². The molecule has 36 heavy (non-hydrogen) atoms. The van der Waals surface area contributed by atoms with Crippen LogP contribution in [0.1, 0.15) is 57.6 Å². The number of hydrogen-bond acceptors (Lipinski definition) is 7. The molecule has 1 fully saturated rings. The fourth-order valence-electron chi connectivity index (χ4n) is 3.17. The van der Waals surface area contributed by atoms with Crippen molar-refractivity contribution in [1.29, 1.82) is 10.8 Å². The summed E-state index contributed by atoms with van der Waals surface area (Å²) < 4.78 is 0. The lowest BCUT2D eigenvalue weighted by Crippen LogP contribution is -2.46. The Labute approximate surface area is 217 Å². The van der Waals surface area contributed by atoms with E-state index in [0.29, 0.717) is 16.1 Å². The number of hydrogen-bond donors (Lipinski definition) is 7. The van der Waals surface area contributed by atoms with Crippen molar-refractivity contribution in [3.63, 3.8) is 0 Å². The predicted molar refractivity (Wildman–Crippen MR) is 147 cm³/mol. The second kappa shape index (κ2) is 15.1. The zero-order valence-corrected chi connectivity index (χ0v) is 22.0. The molecule has 0 heterocycles. The summed E-state index contributed by atoms with van der Waals surface area (Å²) in [5.41, 5.74) is 1.09. The van der Waals surface area contributed by atoms with Crippen LogP contribution in [0, 0.1) is 10.8 Å². The van der Waals surface area contributed by atoms with Crippen LogP contribution in [0.15, 0.2) is 41.3 Å². The molecule has 11 heteroatoms. The van der Waals surface area contributed by atoms with E-state index < -0.39 is 11.7 Å². The van der Waals surface area contributed by atoms with Gasteiger partial charge in [-0.15, -0.1) is 12.6 Å². The van der Waals surface area contributed by atoms with Gasteiger partial charge in [-0.25, -0.2) is 0 Å². The number of amides is 1. The van der Waals surface area contributed by atoms with Gasteiger partial charge in [-0.05, 0) is 67.7 Å². The Morgan fingerprint density at radius 2 is 1.61 bits per heavy atom. The molecule has 10 N–H and O–H groups in total. The van der Waals surface area contributed by atoms with Crippen LogP contribution < -0.4 is 15.5 Å². The lowest BCUT2D eigenvalue weighted by molar-refractivity contribution is -0.115. The molecule has 200 valence electrons. The van der Waals surface area contributed by atoms with E-state index in [9.17, 15) is 15.0 Å². The van der Waals surface area contributed by atoms with Gasteiger partial charge in [0, 0.05) is 22.7 Å². The first-order valence-electron chi connectivity index (χ1n) is 11.4. The topological polar surface area (TPSA) is 196 Å². The molecule has 0 aliphatic heterocycles. The Kier molecular flexibility index (Phi) is 13.8. The number of carbonyl (C=O) groups excluding carboxylic acids is 1. The van der Waals surface area contributed by atoms with Gasteiger partial charge in [0.25, 0.3) is 5.91 Å². The van der Waals surface area contributed by atoms with Gasteiger partial charge in [-0.1, -0.05) is 27.7 Å². The largest absolute Gasteiger partial charge is 0.508 e. The molecule has 0 unspecified atom stereocenters. The number of carbonyl (C=O) groups is 1. The van der Waals surface area contributed by atoms with E-state index in [4.69, 9.17) is 10.8 Å². The molecular weight excluding hydrogens is 482 g/mol. The van der Waals surface area contributed by atoms with Gasteiger partial charge in [0.05, 0.1) is 5.56 Å². The number of amidine groups is 2. The standard InChI is InChI=1S/C21H24N4O3S.C4H11N.2H2O/c1-11(2)15-9-16(18(27)10-17(15)26)19(22)25(13-5-7-14(29)8-6-13)20(23)21(28)24-12-3-4-12;1-3-5-4-2;;/h5-12,22-23,26-27,29H,3-4H2,1-2H3,(H,24,28);5H,3-4H2,1-2H3;2*1H2. The zero-order valence-electron chi connectivity index (χ0n) is 21.1. The number of rotatable bonds is 6. The van der Waals surface area contributed by atoms with Crippen LogP contribution >= 0.6 is 12.6 Å². The van der Waals surface area contributed by atoms with Gasteiger partial charge in [0.2, 0.25) is 0 Å². The first-order valence-corrected chi connectivity index (χ1v) is 11.9. The molecule has 2 aromatic rings. The van der Waals surface area contributed by atoms with E-state index in [1.54, 1.807) is 24.3 Å². The Bertz CT molecular complexity index is 1020. The molecule has 0 spiro atoms. The summed E-state index contributed by atoms with van der Waals surface area (Å²) in [6, 6.07) is 9.45. The van der Waals surface area contributed by atoms with Crippen molar-refractivity contribution < 1.29 is 26.0 Å². The number of anilines is 1. The minimum Gasteiger partial charge on any atom is -0.508 e. The molecule has 3 rings (SSSR count). The van der Waals surface area contributed by atoms with Crippen LogP contribution in [0.25, 0.3) is 0 Å². The Morgan fingerprint density at radius 3 is 2.06 bits per heavy atom. The van der Waals surface area contributed by atoms with E-state index >= 15 is 0 Å². The zero-order chi connectivity index (χ0) is 25.4. The molecule has 2 aromatic carbocycles. The SMILES string of the molecule is CC(C)c1cc(C(=N)N(C(=N)C(=O)NC2CC2)c2ccc(S)cc2)c(O)cc1O.CCNCC.O.O. The van der Waals surface area contributed by atoms with Crippen LogP contribution in [-0.2, 0) is 4.79 Å². The molecule has 1 amide bonds. The highest BCUT2D eigenvalue weighted by atomic mass is 32.1.